The molecule has 0 N–H and O–H groups in total. The van der Waals surface area contributed by atoms with Crippen molar-refractivity contribution >= 4 is 44.8 Å². The summed E-state index contributed by atoms with van der Waals surface area (Å²) in [6.45, 7) is 0. The fourth-order valence-electron chi connectivity index (χ4n) is 1.83. The number of amides is 1. The first-order valence-corrected chi connectivity index (χ1v) is 7.11. The molecule has 1 amide bonds. The highest BCUT2D eigenvalue weighted by Crippen LogP contribution is 2.17. The number of halogens is 2. The van der Waals surface area contributed by atoms with Gasteiger partial charge in [-0.15, -0.1) is 0 Å². The van der Waals surface area contributed by atoms with E-state index in [1.165, 1.54) is 11.1 Å². The second-order valence-corrected chi connectivity index (χ2v) is 5.48. The summed E-state index contributed by atoms with van der Waals surface area (Å²) in [5.41, 5.74) is 1.60. The van der Waals surface area contributed by atoms with Gasteiger partial charge >= 0.3 is 0 Å². The Morgan fingerprint density at radius 2 is 2.05 bits per heavy atom. The molecule has 0 saturated carbocycles. The summed E-state index contributed by atoms with van der Waals surface area (Å²) in [4.78, 5) is 26.2. The Hall–Kier alpha value is -1.99. The summed E-state index contributed by atoms with van der Waals surface area (Å²) in [5.74, 6) is -0.248. The maximum atomic E-state index is 12.5. The van der Waals surface area contributed by atoms with Crippen molar-refractivity contribution < 1.29 is 4.79 Å². The molecule has 21 heavy (non-hydrogen) atoms. The Kier molecular flexibility index (Phi) is 3.60. The Labute approximate surface area is 133 Å². The second-order valence-electron chi connectivity index (χ2n) is 4.28. The summed E-state index contributed by atoms with van der Waals surface area (Å²) in [6, 6.07) is 3.35. The minimum absolute atomic E-state index is 0.248. The summed E-state index contributed by atoms with van der Waals surface area (Å²) in [7, 11) is 1.65. The minimum atomic E-state index is -0.248. The highest BCUT2D eigenvalue weighted by molar-refractivity contribution is 9.10. The van der Waals surface area contributed by atoms with Gasteiger partial charge in [0.1, 0.15) is 15.5 Å². The zero-order chi connectivity index (χ0) is 15.0. The molecule has 0 aromatic carbocycles. The molecule has 3 aromatic rings. The average molecular weight is 367 g/mol. The Bertz CT molecular complexity index is 817. The predicted molar refractivity (Wildman–Crippen MR) is 82.7 cm³/mol. The van der Waals surface area contributed by atoms with E-state index in [1.54, 1.807) is 42.2 Å². The lowest BCUT2D eigenvalue weighted by atomic mass is 10.3. The number of pyridine rings is 1. The van der Waals surface area contributed by atoms with Crippen LogP contribution in [0.5, 0.6) is 0 Å². The van der Waals surface area contributed by atoms with Crippen LogP contribution in [-0.4, -0.2) is 32.3 Å². The normalized spacial score (nSPS) is 10.8. The van der Waals surface area contributed by atoms with Gasteiger partial charge in [-0.25, -0.2) is 15.0 Å². The van der Waals surface area contributed by atoms with Gasteiger partial charge in [-0.1, -0.05) is 11.6 Å². The van der Waals surface area contributed by atoms with E-state index in [2.05, 4.69) is 30.9 Å². The van der Waals surface area contributed by atoms with E-state index in [1.807, 2.05) is 0 Å². The van der Waals surface area contributed by atoms with E-state index in [9.17, 15) is 4.79 Å². The number of carbonyl (C=O) groups excluding carboxylic acids is 1. The molecule has 3 heterocycles. The fourth-order valence-corrected chi connectivity index (χ4v) is 2.32. The zero-order valence-electron chi connectivity index (χ0n) is 10.9. The van der Waals surface area contributed by atoms with E-state index in [-0.39, 0.29) is 5.91 Å². The molecule has 8 heteroatoms. The van der Waals surface area contributed by atoms with Crippen LogP contribution in [0.2, 0.25) is 5.15 Å². The van der Waals surface area contributed by atoms with Gasteiger partial charge in [-0.3, -0.25) is 9.20 Å². The number of hydrogen-bond acceptors (Lipinski definition) is 4. The zero-order valence-corrected chi connectivity index (χ0v) is 13.2. The molecular formula is C13H9BrClN5O. The Morgan fingerprint density at radius 1 is 1.24 bits per heavy atom. The summed E-state index contributed by atoms with van der Waals surface area (Å²) >= 11 is 9.10. The first kappa shape index (κ1) is 14.0. The Morgan fingerprint density at radius 3 is 2.76 bits per heavy atom. The van der Waals surface area contributed by atoms with Crippen LogP contribution in [0, 0.1) is 0 Å². The quantitative estimate of drug-likeness (QED) is 0.654. The van der Waals surface area contributed by atoms with E-state index < -0.39 is 0 Å². The molecule has 106 valence electrons. The molecule has 3 aromatic heterocycles. The molecule has 0 aliphatic heterocycles. The van der Waals surface area contributed by atoms with Crippen molar-refractivity contribution in [1.29, 1.82) is 0 Å². The standard InChI is InChI=1S/C13H9BrClN5O/c1-19(8-2-3-11(15)17-4-8)13(21)9-7-20-10(14)5-18-12(20)6-16-9/h2-7H,1H3. The van der Waals surface area contributed by atoms with Crippen LogP contribution in [0.1, 0.15) is 10.5 Å². The fraction of sp³-hybridized carbons (Fsp3) is 0.0769. The van der Waals surface area contributed by atoms with E-state index >= 15 is 0 Å². The van der Waals surface area contributed by atoms with Gasteiger partial charge in [-0.05, 0) is 28.1 Å². The van der Waals surface area contributed by atoms with Gasteiger partial charge in [0.25, 0.3) is 5.91 Å². The van der Waals surface area contributed by atoms with Crippen molar-refractivity contribution in [3.63, 3.8) is 0 Å². The van der Waals surface area contributed by atoms with Crippen molar-refractivity contribution in [3.05, 3.63) is 52.4 Å². The molecule has 0 aliphatic rings. The van der Waals surface area contributed by atoms with Gasteiger partial charge < -0.3 is 4.90 Å². The van der Waals surface area contributed by atoms with Crippen molar-refractivity contribution in [2.45, 2.75) is 0 Å². The van der Waals surface area contributed by atoms with Crippen LogP contribution in [0.25, 0.3) is 5.65 Å². The first-order valence-electron chi connectivity index (χ1n) is 5.94. The van der Waals surface area contributed by atoms with Gasteiger partial charge in [0, 0.05) is 13.2 Å². The van der Waals surface area contributed by atoms with Crippen LogP contribution >= 0.6 is 27.5 Å². The molecule has 0 spiro atoms. The van der Waals surface area contributed by atoms with Gasteiger partial charge in [-0.2, -0.15) is 0 Å². The predicted octanol–water partition coefficient (Wildman–Crippen LogP) is 2.82. The number of rotatable bonds is 2. The molecule has 0 bridgehead atoms. The average Bonchev–Trinajstić information content (AvgIpc) is 2.87. The number of nitrogens with zero attached hydrogens (tertiary/aromatic N) is 5. The van der Waals surface area contributed by atoms with Crippen LogP contribution in [-0.2, 0) is 0 Å². The van der Waals surface area contributed by atoms with Crippen LogP contribution < -0.4 is 4.90 Å². The number of imidazole rings is 1. The lowest BCUT2D eigenvalue weighted by Gasteiger charge is -2.16. The third-order valence-electron chi connectivity index (χ3n) is 2.97. The molecule has 6 nitrogen and oxygen atoms in total. The smallest absolute Gasteiger partial charge is 0.278 e. The van der Waals surface area contributed by atoms with Gasteiger partial charge in [0.15, 0.2) is 5.65 Å². The third-order valence-corrected chi connectivity index (χ3v) is 3.78. The maximum absolute atomic E-state index is 12.5. The lowest BCUT2D eigenvalue weighted by Crippen LogP contribution is -2.27. The van der Waals surface area contributed by atoms with Crippen molar-refractivity contribution in [2.24, 2.45) is 0 Å². The highest BCUT2D eigenvalue weighted by Gasteiger charge is 2.16. The molecule has 0 atom stereocenters. The van der Waals surface area contributed by atoms with Crippen LogP contribution in [0.15, 0.2) is 41.5 Å². The largest absolute Gasteiger partial charge is 0.309 e. The lowest BCUT2D eigenvalue weighted by molar-refractivity contribution is 0.0987. The van der Waals surface area contributed by atoms with Crippen molar-refractivity contribution in [2.75, 3.05) is 11.9 Å². The monoisotopic (exact) mass is 365 g/mol. The van der Waals surface area contributed by atoms with Gasteiger partial charge in [0.05, 0.1) is 24.3 Å². The van der Waals surface area contributed by atoms with E-state index in [0.29, 0.717) is 22.2 Å². The molecule has 0 unspecified atom stereocenters. The number of anilines is 1. The Balaban J connectivity index is 1.95. The minimum Gasteiger partial charge on any atom is -0.309 e. The molecule has 3 rings (SSSR count). The molecule has 0 radical (unpaired) electrons. The van der Waals surface area contributed by atoms with Crippen LogP contribution in [0.4, 0.5) is 5.69 Å². The molecular weight excluding hydrogens is 358 g/mol. The molecule has 0 fully saturated rings. The van der Waals surface area contributed by atoms with E-state index in [0.717, 1.165) is 4.60 Å². The van der Waals surface area contributed by atoms with E-state index in [4.69, 9.17) is 11.6 Å². The second kappa shape index (κ2) is 5.42. The summed E-state index contributed by atoms with van der Waals surface area (Å²) in [6.07, 6.45) is 6.37. The highest BCUT2D eigenvalue weighted by atomic mass is 79.9. The number of carbonyl (C=O) groups is 1. The number of hydrogen-bond donors (Lipinski definition) is 0. The summed E-state index contributed by atoms with van der Waals surface area (Å²) < 4.78 is 2.50. The van der Waals surface area contributed by atoms with Crippen LogP contribution in [0.3, 0.4) is 0 Å². The van der Waals surface area contributed by atoms with Crippen molar-refractivity contribution in [3.8, 4) is 0 Å². The van der Waals surface area contributed by atoms with Gasteiger partial charge in [0.2, 0.25) is 0 Å². The summed E-state index contributed by atoms with van der Waals surface area (Å²) in [5, 5.41) is 0.376. The third kappa shape index (κ3) is 2.62. The molecule has 0 aliphatic carbocycles. The SMILES string of the molecule is CN(C(=O)c1cn2c(Br)cnc2cn1)c1ccc(Cl)nc1. The topological polar surface area (TPSA) is 63.4 Å². The first-order chi connectivity index (χ1) is 10.1. The number of aromatic nitrogens is 4. The number of fused-ring (bicyclic) bond motifs is 1. The maximum Gasteiger partial charge on any atom is 0.278 e. The molecule has 0 saturated heterocycles. The van der Waals surface area contributed by atoms with Crippen molar-refractivity contribution in [1.82, 2.24) is 19.4 Å².